The summed E-state index contributed by atoms with van der Waals surface area (Å²) in [5.74, 6) is 0.448. The summed E-state index contributed by atoms with van der Waals surface area (Å²) < 4.78 is 21.1. The minimum absolute atomic E-state index is 0.224. The third kappa shape index (κ3) is 3.63. The third-order valence-electron chi connectivity index (χ3n) is 1.92. The Bertz CT molecular complexity index is 467. The molecule has 1 radical (unpaired) electrons. The fraction of sp³-hybridized carbons (Fsp3) is 0. The molecule has 0 aromatic heterocycles. The zero-order valence-corrected chi connectivity index (χ0v) is 9.75. The van der Waals surface area contributed by atoms with Crippen LogP contribution in [-0.4, -0.2) is 0 Å². The topological polar surface area (TPSA) is 55.4 Å². The van der Waals surface area contributed by atoms with Gasteiger partial charge < -0.3 is 9.05 Å². The molecule has 0 bridgehead atoms. The first-order valence-electron chi connectivity index (χ1n) is 4.96. The largest absolute Gasteiger partial charge is 0.616 e. The highest BCUT2D eigenvalue weighted by Crippen LogP contribution is 2.45. The van der Waals surface area contributed by atoms with Gasteiger partial charge in [-0.1, -0.05) is 41.3 Å². The van der Waals surface area contributed by atoms with Gasteiger partial charge in [-0.05, 0) is 24.3 Å². The lowest BCUT2D eigenvalue weighted by Gasteiger charge is -2.11. The Morgan fingerprint density at radius 2 is 1.06 bits per heavy atom. The SMILES string of the molecule is [O]P(=O)(Oc1ccccc1)Oc1ccccc1. The average molecular weight is 249 g/mol. The van der Waals surface area contributed by atoms with Crippen LogP contribution in [-0.2, 0) is 9.46 Å². The Kier molecular flexibility index (Phi) is 3.47. The Balaban J connectivity index is 2.07. The summed E-state index contributed by atoms with van der Waals surface area (Å²) in [6.45, 7) is 0. The van der Waals surface area contributed by atoms with Crippen molar-refractivity contribution in [2.45, 2.75) is 0 Å². The fourth-order valence-electron chi connectivity index (χ4n) is 1.24. The molecule has 4 nitrogen and oxygen atoms in total. The van der Waals surface area contributed by atoms with Gasteiger partial charge in [0.15, 0.2) is 0 Å². The molecule has 0 atom stereocenters. The van der Waals surface area contributed by atoms with E-state index in [0.29, 0.717) is 0 Å². The van der Waals surface area contributed by atoms with E-state index in [1.807, 2.05) is 0 Å². The summed E-state index contributed by atoms with van der Waals surface area (Å²) in [7, 11) is -4.39. The predicted molar refractivity (Wildman–Crippen MR) is 62.4 cm³/mol. The molecule has 0 N–H and O–H groups in total. The van der Waals surface area contributed by atoms with Gasteiger partial charge in [-0.25, -0.2) is 4.57 Å². The van der Waals surface area contributed by atoms with Crippen LogP contribution in [0.15, 0.2) is 60.7 Å². The second-order valence-electron chi connectivity index (χ2n) is 3.26. The molecular formula is C12H10O4P. The normalized spacial score (nSPS) is 10.9. The van der Waals surface area contributed by atoms with Crippen molar-refractivity contribution in [3.8, 4) is 11.5 Å². The molecule has 0 fully saturated rings. The Labute approximate surface area is 99.1 Å². The van der Waals surface area contributed by atoms with E-state index in [0.717, 1.165) is 0 Å². The first-order chi connectivity index (χ1) is 8.16. The number of hydrogen-bond donors (Lipinski definition) is 0. The van der Waals surface area contributed by atoms with Gasteiger partial charge in [-0.2, -0.15) is 0 Å². The van der Waals surface area contributed by atoms with Crippen LogP contribution in [0.25, 0.3) is 0 Å². The molecule has 5 heteroatoms. The summed E-state index contributed by atoms with van der Waals surface area (Å²) in [4.78, 5) is 11.6. The van der Waals surface area contributed by atoms with Crippen molar-refractivity contribution >= 4 is 7.82 Å². The number of rotatable bonds is 4. The van der Waals surface area contributed by atoms with Gasteiger partial charge in [-0.3, -0.25) is 0 Å². The zero-order chi connectivity index (χ0) is 12.1. The van der Waals surface area contributed by atoms with E-state index in [-0.39, 0.29) is 11.5 Å². The van der Waals surface area contributed by atoms with Crippen LogP contribution in [0, 0.1) is 0 Å². The van der Waals surface area contributed by atoms with Crippen molar-refractivity contribution < 1.29 is 18.5 Å². The van der Waals surface area contributed by atoms with Crippen molar-refractivity contribution in [3.63, 3.8) is 0 Å². The smallest absolute Gasteiger partial charge is 0.394 e. The second-order valence-corrected chi connectivity index (χ2v) is 4.52. The molecule has 0 saturated carbocycles. The van der Waals surface area contributed by atoms with Crippen LogP contribution in [0.4, 0.5) is 0 Å². The quantitative estimate of drug-likeness (QED) is 0.776. The maximum absolute atomic E-state index is 11.6. The van der Waals surface area contributed by atoms with E-state index in [1.165, 1.54) is 0 Å². The highest BCUT2D eigenvalue weighted by Gasteiger charge is 2.27. The monoisotopic (exact) mass is 249 g/mol. The van der Waals surface area contributed by atoms with Crippen molar-refractivity contribution in [2.24, 2.45) is 0 Å². The molecule has 2 rings (SSSR count). The minimum atomic E-state index is -4.39. The fourth-order valence-corrected chi connectivity index (χ4v) is 2.04. The Morgan fingerprint density at radius 1 is 0.706 bits per heavy atom. The van der Waals surface area contributed by atoms with Crippen LogP contribution < -0.4 is 9.05 Å². The molecular weight excluding hydrogens is 239 g/mol. The van der Waals surface area contributed by atoms with E-state index in [1.54, 1.807) is 60.7 Å². The maximum atomic E-state index is 11.6. The molecule has 0 spiro atoms. The van der Waals surface area contributed by atoms with Crippen molar-refractivity contribution in [1.29, 1.82) is 0 Å². The summed E-state index contributed by atoms with van der Waals surface area (Å²) >= 11 is 0. The van der Waals surface area contributed by atoms with Gasteiger partial charge >= 0.3 is 7.82 Å². The zero-order valence-electron chi connectivity index (χ0n) is 8.85. The number of para-hydroxylation sites is 2. The lowest BCUT2D eigenvalue weighted by Crippen LogP contribution is -1.98. The van der Waals surface area contributed by atoms with Crippen LogP contribution >= 0.6 is 7.82 Å². The van der Waals surface area contributed by atoms with Crippen LogP contribution in [0.1, 0.15) is 0 Å². The van der Waals surface area contributed by atoms with E-state index >= 15 is 0 Å². The van der Waals surface area contributed by atoms with Gasteiger partial charge in [0.25, 0.3) is 0 Å². The molecule has 0 aliphatic heterocycles. The van der Waals surface area contributed by atoms with Crippen molar-refractivity contribution in [3.05, 3.63) is 60.7 Å². The van der Waals surface area contributed by atoms with Crippen molar-refractivity contribution in [2.75, 3.05) is 0 Å². The molecule has 0 aliphatic carbocycles. The van der Waals surface area contributed by atoms with Crippen LogP contribution in [0.3, 0.4) is 0 Å². The highest BCUT2D eigenvalue weighted by molar-refractivity contribution is 7.48. The van der Waals surface area contributed by atoms with Crippen molar-refractivity contribution in [1.82, 2.24) is 0 Å². The number of hydrogen-bond acceptors (Lipinski definition) is 3. The predicted octanol–water partition coefficient (Wildman–Crippen LogP) is 3.68. The highest BCUT2D eigenvalue weighted by atomic mass is 31.2. The van der Waals surface area contributed by atoms with Crippen LogP contribution in [0.5, 0.6) is 11.5 Å². The lowest BCUT2D eigenvalue weighted by atomic mass is 10.3. The third-order valence-corrected chi connectivity index (χ3v) is 2.79. The lowest BCUT2D eigenvalue weighted by molar-refractivity contribution is 0.250. The molecule has 17 heavy (non-hydrogen) atoms. The van der Waals surface area contributed by atoms with Crippen LogP contribution in [0.2, 0.25) is 0 Å². The first-order valence-corrected chi connectivity index (χ1v) is 6.42. The molecule has 0 saturated heterocycles. The molecule has 2 aromatic rings. The molecule has 0 heterocycles. The average Bonchev–Trinajstić information content (AvgIpc) is 2.30. The van der Waals surface area contributed by atoms with E-state index in [4.69, 9.17) is 9.05 Å². The Hall–Kier alpha value is -1.77. The Morgan fingerprint density at radius 3 is 1.41 bits per heavy atom. The summed E-state index contributed by atoms with van der Waals surface area (Å²) in [5, 5.41) is 0. The van der Waals surface area contributed by atoms with Gasteiger partial charge in [-0.15, -0.1) is 0 Å². The second kappa shape index (κ2) is 5.04. The standard InChI is InChI=1S/C12H10O4P/c13-17(14,15-11-7-3-1-4-8-11)16-12-9-5-2-6-10-12/h1-10H. The van der Waals surface area contributed by atoms with E-state index in [9.17, 15) is 9.46 Å². The molecule has 0 unspecified atom stereocenters. The molecule has 2 aromatic carbocycles. The molecule has 0 amide bonds. The summed E-state index contributed by atoms with van der Waals surface area (Å²) in [6, 6.07) is 16.4. The molecule has 87 valence electrons. The number of benzene rings is 2. The minimum Gasteiger partial charge on any atom is -0.394 e. The van der Waals surface area contributed by atoms with Gasteiger partial charge in [0, 0.05) is 0 Å². The molecule has 0 aliphatic rings. The maximum Gasteiger partial charge on any atom is 0.616 e. The summed E-state index contributed by atoms with van der Waals surface area (Å²) in [6.07, 6.45) is 0. The van der Waals surface area contributed by atoms with Gasteiger partial charge in [0.1, 0.15) is 11.5 Å². The summed E-state index contributed by atoms with van der Waals surface area (Å²) in [5.41, 5.74) is 0. The first kappa shape index (κ1) is 11.7. The van der Waals surface area contributed by atoms with Gasteiger partial charge in [0.2, 0.25) is 0 Å². The van der Waals surface area contributed by atoms with Gasteiger partial charge in [0.05, 0.1) is 0 Å². The van der Waals surface area contributed by atoms with E-state index < -0.39 is 7.82 Å². The van der Waals surface area contributed by atoms with E-state index in [2.05, 4.69) is 0 Å².